The van der Waals surface area contributed by atoms with Crippen LogP contribution in [0.3, 0.4) is 0 Å². The summed E-state index contributed by atoms with van der Waals surface area (Å²) in [5, 5.41) is 23.1. The van der Waals surface area contributed by atoms with Gasteiger partial charge in [-0.05, 0) is 55.8 Å². The highest BCUT2D eigenvalue weighted by atomic mass is 35.5. The zero-order valence-corrected chi connectivity index (χ0v) is 18.1. The minimum absolute atomic E-state index is 0.0253. The smallest absolute Gasteiger partial charge is 0.181 e. The van der Waals surface area contributed by atoms with E-state index in [0.717, 1.165) is 0 Å². The number of halogens is 2. The molecule has 3 unspecified atom stereocenters. The average molecular weight is 455 g/mol. The van der Waals surface area contributed by atoms with Crippen molar-refractivity contribution in [3.8, 4) is 0 Å². The predicted octanol–water partition coefficient (Wildman–Crippen LogP) is 3.12. The van der Waals surface area contributed by atoms with Gasteiger partial charge in [0.15, 0.2) is 9.84 Å². The van der Waals surface area contributed by atoms with E-state index in [4.69, 9.17) is 23.2 Å². The number of hydrogen-bond donors (Lipinski definition) is 2. The zero-order chi connectivity index (χ0) is 21.4. The Labute approximate surface area is 179 Å². The SMILES string of the molecule is Cc1cc(S(=O)(=O)CC(O)(c2cccc(Cl)n2)C(O)C2(C)C=CC=N2)ccc1Cl. The van der Waals surface area contributed by atoms with E-state index in [1.165, 1.54) is 42.6 Å². The third-order valence-corrected chi connectivity index (χ3v) is 7.36. The number of aromatic nitrogens is 1. The molecule has 0 bridgehead atoms. The second-order valence-corrected chi connectivity index (χ2v) is 9.99. The largest absolute Gasteiger partial charge is 0.387 e. The van der Waals surface area contributed by atoms with Gasteiger partial charge in [-0.1, -0.05) is 35.3 Å². The first-order valence-electron chi connectivity index (χ1n) is 8.73. The van der Waals surface area contributed by atoms with Gasteiger partial charge in [0.05, 0.1) is 16.3 Å². The number of rotatable bonds is 6. The molecule has 0 saturated heterocycles. The molecule has 1 aromatic carbocycles. The Morgan fingerprint density at radius 1 is 1.24 bits per heavy atom. The number of benzene rings is 1. The molecule has 2 heterocycles. The molecule has 1 aromatic heterocycles. The van der Waals surface area contributed by atoms with E-state index in [1.54, 1.807) is 26.0 Å². The number of allylic oxidation sites excluding steroid dienone is 1. The van der Waals surface area contributed by atoms with Crippen LogP contribution in [0.25, 0.3) is 0 Å². The van der Waals surface area contributed by atoms with Crippen LogP contribution in [-0.4, -0.2) is 47.2 Å². The van der Waals surface area contributed by atoms with Crippen molar-refractivity contribution in [3.05, 3.63) is 70.0 Å². The standard InChI is InChI=1S/C20H20Cl2N2O4S/c1-13-11-14(7-8-15(13)21)29(27,28)12-20(26,16-5-3-6-17(22)24-16)18(25)19(2)9-4-10-23-19/h3-11,18,25-26H,12H2,1-2H3. The van der Waals surface area contributed by atoms with Gasteiger partial charge in [0, 0.05) is 11.2 Å². The van der Waals surface area contributed by atoms with Gasteiger partial charge in [-0.15, -0.1) is 0 Å². The molecule has 0 aliphatic carbocycles. The number of hydrogen-bond acceptors (Lipinski definition) is 6. The molecule has 0 fully saturated rings. The molecule has 1 aliphatic heterocycles. The number of nitrogens with zero attached hydrogens (tertiary/aromatic N) is 2. The molecule has 6 nitrogen and oxygen atoms in total. The van der Waals surface area contributed by atoms with Crippen molar-refractivity contribution >= 4 is 39.3 Å². The molecule has 0 saturated carbocycles. The molecular formula is C20H20Cl2N2O4S. The Bertz CT molecular complexity index is 1090. The molecule has 3 rings (SSSR count). The maximum absolute atomic E-state index is 13.2. The van der Waals surface area contributed by atoms with Crippen LogP contribution in [0.4, 0.5) is 0 Å². The van der Waals surface area contributed by atoms with E-state index < -0.39 is 32.8 Å². The van der Waals surface area contributed by atoms with Gasteiger partial charge in [0.25, 0.3) is 0 Å². The monoisotopic (exact) mass is 454 g/mol. The number of aliphatic hydroxyl groups excluding tert-OH is 1. The highest BCUT2D eigenvalue weighted by Crippen LogP contribution is 2.37. The van der Waals surface area contributed by atoms with Crippen molar-refractivity contribution in [2.24, 2.45) is 4.99 Å². The lowest BCUT2D eigenvalue weighted by Gasteiger charge is -2.38. The molecule has 9 heteroatoms. The van der Waals surface area contributed by atoms with Crippen molar-refractivity contribution < 1.29 is 18.6 Å². The Kier molecular flexibility index (Phi) is 5.91. The Hall–Kier alpha value is -1.77. The summed E-state index contributed by atoms with van der Waals surface area (Å²) in [5.74, 6) is -0.825. The van der Waals surface area contributed by atoms with Crippen LogP contribution in [0, 0.1) is 6.92 Å². The number of sulfone groups is 1. The highest BCUT2D eigenvalue weighted by Gasteiger charge is 2.51. The summed E-state index contributed by atoms with van der Waals surface area (Å²) >= 11 is 12.0. The maximum atomic E-state index is 13.2. The number of pyridine rings is 1. The Balaban J connectivity index is 2.11. The molecule has 1 aliphatic rings. The molecule has 29 heavy (non-hydrogen) atoms. The van der Waals surface area contributed by atoms with Crippen LogP contribution in [0.1, 0.15) is 18.2 Å². The second-order valence-electron chi connectivity index (χ2n) is 7.21. The summed E-state index contributed by atoms with van der Waals surface area (Å²) in [6.07, 6.45) is 3.07. The number of aryl methyl sites for hydroxylation is 1. The summed E-state index contributed by atoms with van der Waals surface area (Å²) in [5.41, 5.74) is -3.00. The molecule has 0 amide bonds. The van der Waals surface area contributed by atoms with Gasteiger partial charge in [0.2, 0.25) is 0 Å². The summed E-state index contributed by atoms with van der Waals surface area (Å²) in [4.78, 5) is 8.24. The lowest BCUT2D eigenvalue weighted by molar-refractivity contribution is -0.0882. The Morgan fingerprint density at radius 2 is 1.97 bits per heavy atom. The van der Waals surface area contributed by atoms with Crippen LogP contribution < -0.4 is 0 Å². The maximum Gasteiger partial charge on any atom is 0.181 e. The summed E-state index contributed by atoms with van der Waals surface area (Å²) in [6.45, 7) is 3.27. The Morgan fingerprint density at radius 3 is 2.55 bits per heavy atom. The van der Waals surface area contributed by atoms with Gasteiger partial charge < -0.3 is 10.2 Å². The third kappa shape index (κ3) is 4.25. The molecule has 0 radical (unpaired) electrons. The summed E-state index contributed by atoms with van der Waals surface area (Å²) in [7, 11) is -4.05. The first-order valence-corrected chi connectivity index (χ1v) is 11.1. The van der Waals surface area contributed by atoms with Crippen LogP contribution >= 0.6 is 23.2 Å². The third-order valence-electron chi connectivity index (χ3n) is 4.94. The molecule has 2 aromatic rings. The average Bonchev–Trinajstić information content (AvgIpc) is 3.10. The van der Waals surface area contributed by atoms with Gasteiger partial charge in [-0.25, -0.2) is 13.4 Å². The van der Waals surface area contributed by atoms with Crippen LogP contribution in [0.15, 0.2) is 58.4 Å². The fourth-order valence-electron chi connectivity index (χ4n) is 3.26. The van der Waals surface area contributed by atoms with E-state index in [9.17, 15) is 18.6 Å². The lowest BCUT2D eigenvalue weighted by Crippen LogP contribution is -2.55. The van der Waals surface area contributed by atoms with Crippen molar-refractivity contribution in [3.63, 3.8) is 0 Å². The van der Waals surface area contributed by atoms with Crippen molar-refractivity contribution in [1.29, 1.82) is 0 Å². The minimum atomic E-state index is -4.05. The summed E-state index contributed by atoms with van der Waals surface area (Å²) < 4.78 is 26.3. The van der Waals surface area contributed by atoms with Crippen LogP contribution in [0.5, 0.6) is 0 Å². The molecule has 3 atom stereocenters. The quantitative estimate of drug-likeness (QED) is 0.652. The van der Waals surface area contributed by atoms with Gasteiger partial charge in [-0.2, -0.15) is 0 Å². The zero-order valence-electron chi connectivity index (χ0n) is 15.8. The number of aliphatic imine (C=N–C) groups is 1. The first kappa shape index (κ1) is 21.9. The van der Waals surface area contributed by atoms with E-state index in [2.05, 4.69) is 9.98 Å². The lowest BCUT2D eigenvalue weighted by atomic mass is 9.81. The van der Waals surface area contributed by atoms with Crippen LogP contribution in [0.2, 0.25) is 10.2 Å². The van der Waals surface area contributed by atoms with E-state index in [-0.39, 0.29) is 15.7 Å². The number of aliphatic hydroxyl groups is 2. The van der Waals surface area contributed by atoms with Gasteiger partial charge >= 0.3 is 0 Å². The molecule has 2 N–H and O–H groups in total. The van der Waals surface area contributed by atoms with Gasteiger partial charge in [0.1, 0.15) is 22.4 Å². The molecule has 0 spiro atoms. The topological polar surface area (TPSA) is 99.9 Å². The van der Waals surface area contributed by atoms with Crippen molar-refractivity contribution in [2.45, 2.75) is 36.0 Å². The first-order chi connectivity index (χ1) is 13.5. The fourth-order valence-corrected chi connectivity index (χ4v) is 5.22. The van der Waals surface area contributed by atoms with E-state index in [1.807, 2.05) is 0 Å². The van der Waals surface area contributed by atoms with Crippen LogP contribution in [-0.2, 0) is 15.4 Å². The van der Waals surface area contributed by atoms with E-state index >= 15 is 0 Å². The normalized spacial score (nSPS) is 21.9. The van der Waals surface area contributed by atoms with Gasteiger partial charge in [-0.3, -0.25) is 4.99 Å². The summed E-state index contributed by atoms with van der Waals surface area (Å²) in [6, 6.07) is 8.69. The molecular weight excluding hydrogens is 435 g/mol. The molecule has 154 valence electrons. The van der Waals surface area contributed by atoms with Crippen molar-refractivity contribution in [1.82, 2.24) is 4.98 Å². The second kappa shape index (κ2) is 7.81. The minimum Gasteiger partial charge on any atom is -0.387 e. The highest BCUT2D eigenvalue weighted by molar-refractivity contribution is 7.91. The van der Waals surface area contributed by atoms with E-state index in [0.29, 0.717) is 10.6 Å². The van der Waals surface area contributed by atoms with Crippen molar-refractivity contribution in [2.75, 3.05) is 5.75 Å². The fraction of sp³-hybridized carbons (Fsp3) is 0.300. The predicted molar refractivity (Wildman–Crippen MR) is 113 cm³/mol.